The van der Waals surface area contributed by atoms with Crippen molar-refractivity contribution in [2.45, 2.75) is 22.8 Å². The highest BCUT2D eigenvalue weighted by molar-refractivity contribution is 7.99. The van der Waals surface area contributed by atoms with Crippen LogP contribution in [0.5, 0.6) is 0 Å². The molecule has 1 saturated heterocycles. The molecule has 0 radical (unpaired) electrons. The van der Waals surface area contributed by atoms with Crippen LogP contribution >= 0.6 is 23.4 Å². The van der Waals surface area contributed by atoms with Crippen LogP contribution in [0.4, 0.5) is 11.5 Å². The van der Waals surface area contributed by atoms with Gasteiger partial charge in [-0.2, -0.15) is 0 Å². The Bertz CT molecular complexity index is 968. The molecule has 148 valence electrons. The molecule has 0 bridgehead atoms. The fraction of sp³-hybridized carbons (Fsp3) is 0.227. The highest BCUT2D eigenvalue weighted by atomic mass is 35.5. The lowest BCUT2D eigenvalue weighted by atomic mass is 9.97. The van der Waals surface area contributed by atoms with Gasteiger partial charge in [-0.25, -0.2) is 9.97 Å². The summed E-state index contributed by atoms with van der Waals surface area (Å²) in [5, 5.41) is 4.51. The van der Waals surface area contributed by atoms with Gasteiger partial charge in [-0.3, -0.25) is 4.79 Å². The van der Waals surface area contributed by atoms with Gasteiger partial charge in [0.2, 0.25) is 5.91 Å². The molecule has 1 aromatic heterocycles. The molecule has 7 heteroatoms. The number of rotatable bonds is 5. The minimum atomic E-state index is -0.101. The number of anilines is 2. The van der Waals surface area contributed by atoms with Crippen LogP contribution in [0.25, 0.3) is 0 Å². The van der Waals surface area contributed by atoms with Gasteiger partial charge in [-0.15, -0.1) is 0 Å². The number of benzene rings is 2. The van der Waals surface area contributed by atoms with E-state index >= 15 is 0 Å². The van der Waals surface area contributed by atoms with Crippen molar-refractivity contribution in [2.75, 3.05) is 23.3 Å². The molecule has 1 unspecified atom stereocenters. The molecule has 1 aliphatic heterocycles. The van der Waals surface area contributed by atoms with E-state index in [1.807, 2.05) is 30.3 Å². The monoisotopic (exact) mass is 424 g/mol. The fourth-order valence-electron chi connectivity index (χ4n) is 3.37. The molecule has 2 aromatic carbocycles. The van der Waals surface area contributed by atoms with Crippen LogP contribution in [-0.2, 0) is 4.79 Å². The van der Waals surface area contributed by atoms with Gasteiger partial charge in [0.05, 0.1) is 5.92 Å². The Hall–Kier alpha value is -2.57. The van der Waals surface area contributed by atoms with Gasteiger partial charge in [-0.1, -0.05) is 41.6 Å². The number of nitrogens with zero attached hydrogens (tertiary/aromatic N) is 3. The summed E-state index contributed by atoms with van der Waals surface area (Å²) in [4.78, 5) is 25.2. The van der Waals surface area contributed by atoms with E-state index in [4.69, 9.17) is 11.6 Å². The maximum Gasteiger partial charge on any atom is 0.229 e. The first-order valence-corrected chi connectivity index (χ1v) is 10.7. The highest BCUT2D eigenvalue weighted by Gasteiger charge is 2.28. The summed E-state index contributed by atoms with van der Waals surface area (Å²) in [7, 11) is 0. The Kier molecular flexibility index (Phi) is 6.32. The summed E-state index contributed by atoms with van der Waals surface area (Å²) in [5.74, 6) is 0.763. The van der Waals surface area contributed by atoms with Crippen LogP contribution in [0.2, 0.25) is 5.02 Å². The number of piperidine rings is 1. The third-order valence-corrected chi connectivity index (χ3v) is 6.05. The quantitative estimate of drug-likeness (QED) is 0.614. The molecule has 3 aromatic rings. The van der Waals surface area contributed by atoms with Gasteiger partial charge < -0.3 is 10.2 Å². The van der Waals surface area contributed by atoms with Crippen molar-refractivity contribution >= 4 is 40.8 Å². The number of carbonyl (C=O) groups excluding carboxylic acids is 1. The Balaban J connectivity index is 1.47. The molecule has 1 fully saturated rings. The number of hydrogen-bond acceptors (Lipinski definition) is 5. The maximum absolute atomic E-state index is 12.8. The topological polar surface area (TPSA) is 58.1 Å². The lowest BCUT2D eigenvalue weighted by Crippen LogP contribution is -2.41. The zero-order valence-corrected chi connectivity index (χ0v) is 17.4. The number of carbonyl (C=O) groups is 1. The zero-order chi connectivity index (χ0) is 20.1. The first kappa shape index (κ1) is 19.7. The van der Waals surface area contributed by atoms with Crippen molar-refractivity contribution in [2.24, 2.45) is 5.92 Å². The van der Waals surface area contributed by atoms with Gasteiger partial charge in [-0.05, 0) is 49.2 Å². The molecule has 1 atom stereocenters. The van der Waals surface area contributed by atoms with E-state index in [9.17, 15) is 4.79 Å². The fourth-order valence-corrected chi connectivity index (χ4v) is 4.40. The average Bonchev–Trinajstić information content (AvgIpc) is 2.76. The Morgan fingerprint density at radius 3 is 2.62 bits per heavy atom. The first-order valence-electron chi connectivity index (χ1n) is 9.54. The third-order valence-electron chi connectivity index (χ3n) is 4.81. The van der Waals surface area contributed by atoms with Crippen molar-refractivity contribution in [1.82, 2.24) is 9.97 Å². The smallest absolute Gasteiger partial charge is 0.229 e. The van der Waals surface area contributed by atoms with Crippen LogP contribution in [0.1, 0.15) is 12.8 Å². The van der Waals surface area contributed by atoms with Gasteiger partial charge >= 0.3 is 0 Å². The van der Waals surface area contributed by atoms with Crippen LogP contribution in [0.3, 0.4) is 0 Å². The summed E-state index contributed by atoms with van der Waals surface area (Å²) >= 11 is 7.52. The molecule has 0 spiro atoms. The van der Waals surface area contributed by atoms with Gasteiger partial charge in [0.1, 0.15) is 5.03 Å². The van der Waals surface area contributed by atoms with E-state index in [0.717, 1.165) is 40.8 Å². The van der Waals surface area contributed by atoms with Crippen LogP contribution in [0, 0.1) is 5.92 Å². The third kappa shape index (κ3) is 5.08. The van der Waals surface area contributed by atoms with Crippen LogP contribution < -0.4 is 10.2 Å². The van der Waals surface area contributed by atoms with Crippen LogP contribution in [0.15, 0.2) is 76.9 Å². The summed E-state index contributed by atoms with van der Waals surface area (Å²) in [6, 6.07) is 17.3. The second-order valence-corrected chi connectivity index (χ2v) is 8.38. The minimum absolute atomic E-state index is 0.0261. The van der Waals surface area contributed by atoms with Crippen molar-refractivity contribution in [3.8, 4) is 0 Å². The minimum Gasteiger partial charge on any atom is -0.354 e. The molecule has 0 saturated carbocycles. The Morgan fingerprint density at radius 1 is 1.07 bits per heavy atom. The predicted octanol–water partition coefficient (Wildman–Crippen LogP) is 5.14. The predicted molar refractivity (Wildman–Crippen MR) is 118 cm³/mol. The second-order valence-electron chi connectivity index (χ2n) is 6.88. The summed E-state index contributed by atoms with van der Waals surface area (Å²) < 4.78 is 0. The van der Waals surface area contributed by atoms with Gasteiger partial charge in [0.25, 0.3) is 0 Å². The molecule has 5 nitrogen and oxygen atoms in total. The van der Waals surface area contributed by atoms with Crippen molar-refractivity contribution in [3.63, 3.8) is 0 Å². The number of amides is 1. The van der Waals surface area contributed by atoms with E-state index in [1.54, 1.807) is 36.3 Å². The van der Waals surface area contributed by atoms with Crippen molar-refractivity contribution < 1.29 is 4.79 Å². The summed E-state index contributed by atoms with van der Waals surface area (Å²) in [6.07, 6.45) is 5.22. The lowest BCUT2D eigenvalue weighted by Gasteiger charge is -2.33. The van der Waals surface area contributed by atoms with E-state index in [2.05, 4.69) is 32.3 Å². The molecule has 4 rings (SSSR count). The van der Waals surface area contributed by atoms with Crippen molar-refractivity contribution in [3.05, 3.63) is 72.0 Å². The Morgan fingerprint density at radius 2 is 1.83 bits per heavy atom. The molecule has 1 N–H and O–H groups in total. The number of hydrogen-bond donors (Lipinski definition) is 1. The number of nitrogens with one attached hydrogen (secondary N) is 1. The second kappa shape index (κ2) is 9.29. The SMILES string of the molecule is O=C(Nc1ccc(Cl)cc1)C1CCCN(c2nccnc2Sc2ccccc2)C1. The summed E-state index contributed by atoms with van der Waals surface area (Å²) in [6.45, 7) is 1.49. The lowest BCUT2D eigenvalue weighted by molar-refractivity contribution is -0.120. The normalized spacial score (nSPS) is 16.4. The molecule has 29 heavy (non-hydrogen) atoms. The largest absolute Gasteiger partial charge is 0.354 e. The highest BCUT2D eigenvalue weighted by Crippen LogP contribution is 2.34. The van der Waals surface area contributed by atoms with Crippen LogP contribution in [-0.4, -0.2) is 29.0 Å². The molecule has 1 amide bonds. The van der Waals surface area contributed by atoms with E-state index in [-0.39, 0.29) is 11.8 Å². The average molecular weight is 425 g/mol. The van der Waals surface area contributed by atoms with E-state index in [1.165, 1.54) is 0 Å². The first-order chi connectivity index (χ1) is 14.2. The van der Waals surface area contributed by atoms with Crippen molar-refractivity contribution in [1.29, 1.82) is 0 Å². The summed E-state index contributed by atoms with van der Waals surface area (Å²) in [5.41, 5.74) is 0.761. The number of aromatic nitrogens is 2. The standard InChI is InChI=1S/C22H21ClN4OS/c23-17-8-10-18(11-9-17)26-21(28)16-5-4-14-27(15-16)20-22(25-13-12-24-20)29-19-6-2-1-3-7-19/h1-3,6-13,16H,4-5,14-15H2,(H,26,28). The maximum atomic E-state index is 12.8. The van der Waals surface area contributed by atoms with Gasteiger partial charge in [0.15, 0.2) is 5.82 Å². The van der Waals surface area contributed by atoms with E-state index < -0.39 is 0 Å². The molecule has 1 aliphatic rings. The molecule has 0 aliphatic carbocycles. The molecular weight excluding hydrogens is 404 g/mol. The Labute approximate surface area is 179 Å². The molecular formula is C22H21ClN4OS. The number of halogens is 1. The van der Waals surface area contributed by atoms with E-state index in [0.29, 0.717) is 11.6 Å². The zero-order valence-electron chi connectivity index (χ0n) is 15.8. The van der Waals surface area contributed by atoms with Gasteiger partial charge in [0, 0.05) is 41.1 Å². The molecule has 2 heterocycles.